The fraction of sp³-hybridized carbons (Fsp3) is 0.571. The molecule has 4 heteroatoms. The lowest BCUT2D eigenvalue weighted by Crippen LogP contribution is -2.21. The molecule has 0 radical (unpaired) electrons. The zero-order chi connectivity index (χ0) is 13.5. The Bertz CT molecular complexity index is 367. The predicted octanol–water partition coefficient (Wildman–Crippen LogP) is 2.47. The van der Waals surface area contributed by atoms with Gasteiger partial charge in [0.2, 0.25) is 0 Å². The molecule has 102 valence electrons. The van der Waals surface area contributed by atoms with Crippen molar-refractivity contribution in [2.75, 3.05) is 6.61 Å². The van der Waals surface area contributed by atoms with E-state index in [-0.39, 0.29) is 11.6 Å². The van der Waals surface area contributed by atoms with Crippen molar-refractivity contribution in [1.82, 2.24) is 5.32 Å². The largest absolute Gasteiger partial charge is 0.490 e. The molecule has 0 aromatic heterocycles. The van der Waals surface area contributed by atoms with Gasteiger partial charge in [0.1, 0.15) is 0 Å². The molecule has 2 N–H and O–H groups in total. The van der Waals surface area contributed by atoms with Gasteiger partial charge in [-0.25, -0.2) is 4.39 Å². The lowest BCUT2D eigenvalue weighted by atomic mass is 10.2. The fourth-order valence-electron chi connectivity index (χ4n) is 1.43. The summed E-state index contributed by atoms with van der Waals surface area (Å²) in [4.78, 5) is 0. The van der Waals surface area contributed by atoms with E-state index in [0.29, 0.717) is 25.6 Å². The van der Waals surface area contributed by atoms with Crippen LogP contribution in [0, 0.1) is 5.82 Å². The fourth-order valence-corrected chi connectivity index (χ4v) is 1.43. The Morgan fingerprint density at radius 2 is 2.06 bits per heavy atom. The number of aliphatic hydroxyl groups is 1. The normalized spacial score (nSPS) is 12.8. The lowest BCUT2D eigenvalue weighted by Gasteiger charge is -2.11. The Labute approximate surface area is 108 Å². The molecule has 18 heavy (non-hydrogen) atoms. The second-order valence-corrected chi connectivity index (χ2v) is 4.79. The van der Waals surface area contributed by atoms with E-state index in [9.17, 15) is 4.39 Å². The third-order valence-electron chi connectivity index (χ3n) is 2.50. The molecule has 0 amide bonds. The van der Waals surface area contributed by atoms with E-state index in [1.54, 1.807) is 13.0 Å². The van der Waals surface area contributed by atoms with Gasteiger partial charge in [0.15, 0.2) is 11.6 Å². The summed E-state index contributed by atoms with van der Waals surface area (Å²) in [6, 6.07) is 5.33. The standard InChI is InChI=1S/C14H22FNO2/c1-10(2)16-9-12-4-5-14(13(15)8-12)18-7-6-11(3)17/h4-5,8,10-11,16-17H,6-7,9H2,1-3H3. The van der Waals surface area contributed by atoms with Gasteiger partial charge in [0, 0.05) is 19.0 Å². The molecule has 1 atom stereocenters. The first kappa shape index (κ1) is 14.9. The van der Waals surface area contributed by atoms with Gasteiger partial charge in [-0.1, -0.05) is 19.9 Å². The molecule has 0 saturated carbocycles. The van der Waals surface area contributed by atoms with Crippen LogP contribution in [0.15, 0.2) is 18.2 Å². The average Bonchev–Trinajstić information content (AvgIpc) is 2.28. The third kappa shape index (κ3) is 5.47. The van der Waals surface area contributed by atoms with Crippen molar-refractivity contribution in [3.63, 3.8) is 0 Å². The van der Waals surface area contributed by atoms with Crippen molar-refractivity contribution in [3.8, 4) is 5.75 Å². The van der Waals surface area contributed by atoms with Gasteiger partial charge >= 0.3 is 0 Å². The zero-order valence-corrected chi connectivity index (χ0v) is 11.2. The SMILES string of the molecule is CC(O)CCOc1ccc(CNC(C)C)cc1F. The van der Waals surface area contributed by atoms with Gasteiger partial charge in [0.05, 0.1) is 12.7 Å². The van der Waals surface area contributed by atoms with E-state index in [1.165, 1.54) is 6.07 Å². The zero-order valence-electron chi connectivity index (χ0n) is 11.2. The molecule has 0 aliphatic rings. The number of hydrogen-bond acceptors (Lipinski definition) is 3. The molecule has 1 unspecified atom stereocenters. The van der Waals surface area contributed by atoms with Crippen LogP contribution in [0.3, 0.4) is 0 Å². The van der Waals surface area contributed by atoms with Crippen LogP contribution in [0.1, 0.15) is 32.8 Å². The van der Waals surface area contributed by atoms with E-state index in [2.05, 4.69) is 5.32 Å². The lowest BCUT2D eigenvalue weighted by molar-refractivity contribution is 0.154. The minimum Gasteiger partial charge on any atom is -0.490 e. The number of aliphatic hydroxyl groups excluding tert-OH is 1. The summed E-state index contributed by atoms with van der Waals surface area (Å²) in [7, 11) is 0. The molecule has 0 heterocycles. The predicted molar refractivity (Wildman–Crippen MR) is 70.2 cm³/mol. The van der Waals surface area contributed by atoms with E-state index >= 15 is 0 Å². The Kier molecular flexibility index (Phi) is 6.09. The molecule has 0 aliphatic carbocycles. The highest BCUT2D eigenvalue weighted by atomic mass is 19.1. The highest BCUT2D eigenvalue weighted by molar-refractivity contribution is 5.29. The van der Waals surface area contributed by atoms with Gasteiger partial charge in [-0.05, 0) is 24.6 Å². The number of ether oxygens (including phenoxy) is 1. The van der Waals surface area contributed by atoms with Crippen LogP contribution in [0.25, 0.3) is 0 Å². The van der Waals surface area contributed by atoms with Gasteiger partial charge in [-0.15, -0.1) is 0 Å². The molecule has 0 aliphatic heterocycles. The monoisotopic (exact) mass is 255 g/mol. The molecular weight excluding hydrogens is 233 g/mol. The first-order valence-corrected chi connectivity index (χ1v) is 6.31. The summed E-state index contributed by atoms with van der Waals surface area (Å²) in [6.45, 7) is 6.73. The highest BCUT2D eigenvalue weighted by Gasteiger charge is 2.06. The van der Waals surface area contributed by atoms with Gasteiger partial charge in [-0.2, -0.15) is 0 Å². The Hall–Kier alpha value is -1.13. The summed E-state index contributed by atoms with van der Waals surface area (Å²) in [5.41, 5.74) is 0.893. The molecule has 0 fully saturated rings. The molecule has 0 saturated heterocycles. The van der Waals surface area contributed by atoms with Crippen LogP contribution in [0.4, 0.5) is 4.39 Å². The number of benzene rings is 1. The Morgan fingerprint density at radius 3 is 2.61 bits per heavy atom. The number of rotatable bonds is 7. The smallest absolute Gasteiger partial charge is 0.165 e. The Balaban J connectivity index is 2.51. The number of halogens is 1. The summed E-state index contributed by atoms with van der Waals surface area (Å²) in [5, 5.41) is 12.3. The molecule has 1 rings (SSSR count). The quantitative estimate of drug-likeness (QED) is 0.786. The van der Waals surface area contributed by atoms with Crippen LogP contribution >= 0.6 is 0 Å². The van der Waals surface area contributed by atoms with Gasteiger partial charge in [-0.3, -0.25) is 0 Å². The van der Waals surface area contributed by atoms with Crippen molar-refractivity contribution < 1.29 is 14.2 Å². The van der Waals surface area contributed by atoms with E-state index in [4.69, 9.17) is 9.84 Å². The summed E-state index contributed by atoms with van der Waals surface area (Å²) in [5.74, 6) is -0.118. The topological polar surface area (TPSA) is 41.5 Å². The van der Waals surface area contributed by atoms with Crippen molar-refractivity contribution >= 4 is 0 Å². The van der Waals surface area contributed by atoms with Crippen molar-refractivity contribution in [3.05, 3.63) is 29.6 Å². The van der Waals surface area contributed by atoms with Crippen LogP contribution in [-0.2, 0) is 6.54 Å². The second-order valence-electron chi connectivity index (χ2n) is 4.79. The molecular formula is C14H22FNO2. The van der Waals surface area contributed by atoms with Gasteiger partial charge < -0.3 is 15.2 Å². The molecule has 1 aromatic carbocycles. The molecule has 0 spiro atoms. The van der Waals surface area contributed by atoms with E-state index in [0.717, 1.165) is 5.56 Å². The average molecular weight is 255 g/mol. The van der Waals surface area contributed by atoms with Crippen LogP contribution in [0.2, 0.25) is 0 Å². The van der Waals surface area contributed by atoms with Crippen LogP contribution < -0.4 is 10.1 Å². The van der Waals surface area contributed by atoms with E-state index < -0.39 is 6.10 Å². The summed E-state index contributed by atoms with van der Waals surface area (Å²) >= 11 is 0. The first-order valence-electron chi connectivity index (χ1n) is 6.31. The van der Waals surface area contributed by atoms with Crippen molar-refractivity contribution in [2.45, 2.75) is 45.9 Å². The highest BCUT2D eigenvalue weighted by Crippen LogP contribution is 2.18. The summed E-state index contributed by atoms with van der Waals surface area (Å²) < 4.78 is 19.0. The molecule has 0 bridgehead atoms. The maximum absolute atomic E-state index is 13.7. The minimum absolute atomic E-state index is 0.240. The molecule has 3 nitrogen and oxygen atoms in total. The maximum Gasteiger partial charge on any atom is 0.165 e. The van der Waals surface area contributed by atoms with E-state index in [1.807, 2.05) is 19.9 Å². The summed E-state index contributed by atoms with van der Waals surface area (Å²) in [6.07, 6.45) is 0.0680. The maximum atomic E-state index is 13.7. The molecule has 1 aromatic rings. The van der Waals surface area contributed by atoms with Crippen molar-refractivity contribution in [1.29, 1.82) is 0 Å². The number of nitrogens with one attached hydrogen (secondary N) is 1. The van der Waals surface area contributed by atoms with Gasteiger partial charge in [0.25, 0.3) is 0 Å². The van der Waals surface area contributed by atoms with Crippen molar-refractivity contribution in [2.24, 2.45) is 0 Å². The number of hydrogen-bond donors (Lipinski definition) is 2. The first-order chi connectivity index (χ1) is 8.49. The van der Waals surface area contributed by atoms with Crippen LogP contribution in [-0.4, -0.2) is 23.9 Å². The minimum atomic E-state index is -0.428. The third-order valence-corrected chi connectivity index (χ3v) is 2.50. The van der Waals surface area contributed by atoms with Crippen LogP contribution in [0.5, 0.6) is 5.75 Å². The Morgan fingerprint density at radius 1 is 1.33 bits per heavy atom. The second kappa shape index (κ2) is 7.34.